The second-order valence-corrected chi connectivity index (χ2v) is 9.36. The zero-order chi connectivity index (χ0) is 24.2. The van der Waals surface area contributed by atoms with Crippen molar-refractivity contribution in [1.82, 2.24) is 20.5 Å². The number of anilines is 2. The third kappa shape index (κ3) is 5.35. The maximum absolute atomic E-state index is 13.0. The summed E-state index contributed by atoms with van der Waals surface area (Å²) in [7, 11) is 1.78. The van der Waals surface area contributed by atoms with Gasteiger partial charge in [-0.2, -0.15) is 5.10 Å². The number of carbonyl (C=O) groups excluding carboxylic acids is 2. The van der Waals surface area contributed by atoms with E-state index in [0.717, 1.165) is 44.1 Å². The Bertz CT molecular complexity index is 1330. The van der Waals surface area contributed by atoms with Crippen molar-refractivity contribution in [2.24, 2.45) is 0 Å². The lowest BCUT2D eigenvalue weighted by atomic mass is 10.1. The van der Waals surface area contributed by atoms with E-state index in [9.17, 15) is 9.59 Å². The number of hydrazine groups is 1. The van der Waals surface area contributed by atoms with Crippen LogP contribution in [0.1, 0.15) is 25.6 Å². The van der Waals surface area contributed by atoms with E-state index in [1.807, 2.05) is 48.5 Å². The molecule has 0 atom stereocenters. The van der Waals surface area contributed by atoms with E-state index in [-0.39, 0.29) is 11.8 Å². The molecule has 180 valence electrons. The number of hydrogen-bond donors (Lipinski definition) is 3. The van der Waals surface area contributed by atoms with E-state index in [1.54, 1.807) is 24.2 Å². The molecule has 2 aromatic heterocycles. The molecule has 1 saturated heterocycles. The van der Waals surface area contributed by atoms with Crippen LogP contribution in [-0.4, -0.2) is 60.3 Å². The molecule has 2 aromatic carbocycles. The van der Waals surface area contributed by atoms with E-state index in [0.29, 0.717) is 26.5 Å². The van der Waals surface area contributed by atoms with Gasteiger partial charge < -0.3 is 10.1 Å². The van der Waals surface area contributed by atoms with Crippen molar-refractivity contribution < 1.29 is 14.3 Å². The van der Waals surface area contributed by atoms with Crippen molar-refractivity contribution in [1.29, 1.82) is 0 Å². The summed E-state index contributed by atoms with van der Waals surface area (Å²) in [6, 6.07) is 18.9. The predicted molar refractivity (Wildman–Crippen MR) is 137 cm³/mol. The summed E-state index contributed by atoms with van der Waals surface area (Å²) in [5, 5.41) is 12.4. The lowest BCUT2D eigenvalue weighted by Crippen LogP contribution is -2.38. The van der Waals surface area contributed by atoms with Crippen LogP contribution in [-0.2, 0) is 11.3 Å². The molecule has 0 radical (unpaired) electrons. The Hall–Kier alpha value is -3.73. The van der Waals surface area contributed by atoms with Gasteiger partial charge in [0.1, 0.15) is 4.83 Å². The molecule has 0 aliphatic carbocycles. The molecule has 4 aromatic rings. The zero-order valence-electron chi connectivity index (χ0n) is 19.3. The van der Waals surface area contributed by atoms with Crippen molar-refractivity contribution in [2.75, 3.05) is 43.7 Å². The number of H-pyrrole nitrogens is 1. The maximum Gasteiger partial charge on any atom is 0.279 e. The van der Waals surface area contributed by atoms with Crippen LogP contribution in [0.3, 0.4) is 0 Å². The van der Waals surface area contributed by atoms with Crippen LogP contribution >= 0.6 is 11.3 Å². The minimum Gasteiger partial charge on any atom is -0.379 e. The van der Waals surface area contributed by atoms with Gasteiger partial charge in [0.2, 0.25) is 0 Å². The highest BCUT2D eigenvalue weighted by Crippen LogP contribution is 2.29. The number of fused-ring (bicyclic) bond motifs is 1. The lowest BCUT2D eigenvalue weighted by molar-refractivity contribution is 0.0342. The van der Waals surface area contributed by atoms with Crippen LogP contribution in [0, 0.1) is 0 Å². The number of aromatic nitrogens is 2. The number of benzene rings is 2. The molecule has 0 unspecified atom stereocenters. The monoisotopic (exact) mass is 490 g/mol. The molecule has 10 heteroatoms. The summed E-state index contributed by atoms with van der Waals surface area (Å²) >= 11 is 1.28. The number of thiophene rings is 1. The number of carbonyl (C=O) groups is 2. The summed E-state index contributed by atoms with van der Waals surface area (Å²) in [5.41, 5.74) is 5.36. The van der Waals surface area contributed by atoms with E-state index in [2.05, 4.69) is 25.8 Å². The number of nitrogens with one attached hydrogen (secondary N) is 3. The summed E-state index contributed by atoms with van der Waals surface area (Å²) < 4.78 is 5.41. The first-order chi connectivity index (χ1) is 17.1. The normalized spacial score (nSPS) is 14.1. The highest BCUT2D eigenvalue weighted by molar-refractivity contribution is 7.20. The number of rotatable bonds is 7. The number of hydrogen-bond acceptors (Lipinski definition) is 7. The zero-order valence-corrected chi connectivity index (χ0v) is 20.1. The second kappa shape index (κ2) is 10.3. The number of aromatic amines is 1. The van der Waals surface area contributed by atoms with Crippen molar-refractivity contribution in [2.45, 2.75) is 6.54 Å². The maximum atomic E-state index is 13.0. The van der Waals surface area contributed by atoms with E-state index >= 15 is 0 Å². The molecular formula is C25H26N6O3S. The Labute approximate surface area is 206 Å². The highest BCUT2D eigenvalue weighted by Gasteiger charge is 2.18. The molecule has 9 nitrogen and oxygen atoms in total. The predicted octanol–water partition coefficient (Wildman–Crippen LogP) is 3.49. The number of amides is 2. The van der Waals surface area contributed by atoms with Gasteiger partial charge in [-0.25, -0.2) is 0 Å². The van der Waals surface area contributed by atoms with Crippen LogP contribution in [0.25, 0.3) is 10.2 Å². The minimum absolute atomic E-state index is 0.237. The molecular weight excluding hydrogens is 464 g/mol. The van der Waals surface area contributed by atoms with E-state index < -0.39 is 0 Å². The first-order valence-corrected chi connectivity index (χ1v) is 12.2. The Kier molecular flexibility index (Phi) is 6.75. The standard InChI is InChI=1S/C25H26N6O3S/c1-30(19-8-3-2-4-9-19)29-24(33)21-15-20-22(27-28-25(20)35-21)26-23(32)18-7-5-6-17(14-18)16-31-10-12-34-13-11-31/h2-9,14-15H,10-13,16H2,1H3,(H,29,33)(H2,26,27,28,32). The smallest absolute Gasteiger partial charge is 0.279 e. The second-order valence-electron chi connectivity index (χ2n) is 8.30. The van der Waals surface area contributed by atoms with Crippen LogP contribution < -0.4 is 15.8 Å². The third-order valence-electron chi connectivity index (χ3n) is 5.82. The van der Waals surface area contributed by atoms with E-state index in [1.165, 1.54) is 11.3 Å². The molecule has 35 heavy (non-hydrogen) atoms. The van der Waals surface area contributed by atoms with Gasteiger partial charge in [0.05, 0.1) is 29.2 Å². The molecule has 3 heterocycles. The first kappa shape index (κ1) is 23.0. The van der Waals surface area contributed by atoms with Gasteiger partial charge in [0.15, 0.2) is 5.82 Å². The van der Waals surface area contributed by atoms with Crippen LogP contribution in [0.15, 0.2) is 60.7 Å². The third-order valence-corrected chi connectivity index (χ3v) is 6.86. The average molecular weight is 491 g/mol. The fraction of sp³-hybridized carbons (Fsp3) is 0.240. The van der Waals surface area contributed by atoms with Gasteiger partial charge in [-0.3, -0.25) is 30.0 Å². The molecule has 1 fully saturated rings. The summed E-state index contributed by atoms with van der Waals surface area (Å²) in [5.74, 6) is -0.0856. The van der Waals surface area contributed by atoms with Crippen LogP contribution in [0.5, 0.6) is 0 Å². The van der Waals surface area contributed by atoms with E-state index in [4.69, 9.17) is 4.74 Å². The van der Waals surface area contributed by atoms with Crippen molar-refractivity contribution in [3.63, 3.8) is 0 Å². The Morgan fingerprint density at radius 2 is 1.89 bits per heavy atom. The van der Waals surface area contributed by atoms with Crippen molar-refractivity contribution in [3.05, 3.63) is 76.7 Å². The summed E-state index contributed by atoms with van der Waals surface area (Å²) in [6.07, 6.45) is 0. The molecule has 0 saturated carbocycles. The van der Waals surface area contributed by atoms with Gasteiger partial charge >= 0.3 is 0 Å². The van der Waals surface area contributed by atoms with Crippen molar-refractivity contribution in [3.8, 4) is 0 Å². The van der Waals surface area contributed by atoms with Gasteiger partial charge in [-0.05, 0) is 35.9 Å². The molecule has 1 aliphatic heterocycles. The molecule has 0 spiro atoms. The molecule has 2 amide bonds. The van der Waals surface area contributed by atoms with Crippen LogP contribution in [0.4, 0.5) is 11.5 Å². The number of para-hydroxylation sites is 1. The molecule has 3 N–H and O–H groups in total. The fourth-order valence-electron chi connectivity index (χ4n) is 3.96. The SMILES string of the molecule is CN(NC(=O)c1cc2c(NC(=O)c3cccc(CN4CCOCC4)c3)n[nH]c2s1)c1ccccc1. The quantitative estimate of drug-likeness (QED) is 0.343. The van der Waals surface area contributed by atoms with Gasteiger partial charge in [0.25, 0.3) is 11.8 Å². The van der Waals surface area contributed by atoms with Crippen LogP contribution in [0.2, 0.25) is 0 Å². The van der Waals surface area contributed by atoms with Gasteiger partial charge in [0, 0.05) is 32.2 Å². The molecule has 5 rings (SSSR count). The van der Waals surface area contributed by atoms with Gasteiger partial charge in [-0.15, -0.1) is 11.3 Å². The average Bonchev–Trinajstić information content (AvgIpc) is 3.47. The minimum atomic E-state index is -0.247. The van der Waals surface area contributed by atoms with Gasteiger partial charge in [-0.1, -0.05) is 30.3 Å². The Morgan fingerprint density at radius 1 is 1.09 bits per heavy atom. The number of morpholine rings is 1. The first-order valence-electron chi connectivity index (χ1n) is 11.3. The number of nitrogens with zero attached hydrogens (tertiary/aromatic N) is 3. The highest BCUT2D eigenvalue weighted by atomic mass is 32.1. The Morgan fingerprint density at radius 3 is 2.69 bits per heavy atom. The summed E-state index contributed by atoms with van der Waals surface area (Å²) in [4.78, 5) is 29.3. The number of ether oxygens (including phenoxy) is 1. The largest absolute Gasteiger partial charge is 0.379 e. The molecule has 0 bridgehead atoms. The summed E-state index contributed by atoms with van der Waals surface area (Å²) in [6.45, 7) is 4.02. The lowest BCUT2D eigenvalue weighted by Gasteiger charge is -2.26. The topological polar surface area (TPSA) is 103 Å². The molecule has 1 aliphatic rings. The fourth-order valence-corrected chi connectivity index (χ4v) is 4.85. The van der Waals surface area contributed by atoms with Crippen molar-refractivity contribution >= 4 is 44.9 Å². The Balaban J connectivity index is 1.26.